The van der Waals surface area contributed by atoms with Crippen molar-refractivity contribution < 1.29 is 0 Å². The summed E-state index contributed by atoms with van der Waals surface area (Å²) in [5, 5.41) is 2.34. The number of fused-ring (bicyclic) bond motifs is 1. The zero-order valence-corrected chi connectivity index (χ0v) is 22.7. The van der Waals surface area contributed by atoms with Gasteiger partial charge in [0, 0.05) is 15.7 Å². The number of halogens is 1. The second-order valence-electron chi connectivity index (χ2n) is 10.2. The Balaban J connectivity index is 1.34. The Hall–Kier alpha value is -2.55. The van der Waals surface area contributed by atoms with Crippen LogP contribution in [0, 0.1) is 5.92 Å². The summed E-state index contributed by atoms with van der Waals surface area (Å²) in [6.45, 7) is 4.60. The summed E-state index contributed by atoms with van der Waals surface area (Å²) >= 11 is 8.32. The lowest BCUT2D eigenvalue weighted by molar-refractivity contribution is 0.770. The van der Waals surface area contributed by atoms with Gasteiger partial charge < -0.3 is 0 Å². The first-order chi connectivity index (χ1) is 17.5. The molecule has 0 amide bonds. The Morgan fingerprint density at radius 3 is 2.61 bits per heavy atom. The van der Waals surface area contributed by atoms with Gasteiger partial charge in [-0.25, -0.2) is 4.98 Å². The molecule has 0 aliphatic heterocycles. The molecule has 0 radical (unpaired) electrons. The average molecular weight is 512 g/mol. The summed E-state index contributed by atoms with van der Waals surface area (Å²) < 4.78 is 0. The lowest BCUT2D eigenvalue weighted by Crippen LogP contribution is -2.02. The van der Waals surface area contributed by atoms with Crippen molar-refractivity contribution in [1.29, 1.82) is 0 Å². The fraction of sp³-hybridized carbons (Fsp3) is 0.303. The molecule has 1 fully saturated rings. The van der Waals surface area contributed by atoms with E-state index in [2.05, 4.69) is 98.4 Å². The molecule has 4 aromatic rings. The van der Waals surface area contributed by atoms with Crippen molar-refractivity contribution in [3.8, 4) is 0 Å². The van der Waals surface area contributed by atoms with E-state index < -0.39 is 0 Å². The van der Waals surface area contributed by atoms with Gasteiger partial charge in [0.25, 0.3) is 0 Å². The highest BCUT2D eigenvalue weighted by Gasteiger charge is 2.24. The third-order valence-electron chi connectivity index (χ3n) is 6.99. The van der Waals surface area contributed by atoms with Crippen LogP contribution in [0.15, 0.2) is 78.9 Å². The fourth-order valence-electron chi connectivity index (χ4n) is 4.74. The first-order valence-corrected chi connectivity index (χ1v) is 14.5. The summed E-state index contributed by atoms with van der Waals surface area (Å²) in [6, 6.07) is 28.1. The molecule has 36 heavy (non-hydrogen) atoms. The molecule has 1 atom stereocenters. The molecule has 1 nitrogen and oxygen atoms in total. The van der Waals surface area contributed by atoms with Crippen LogP contribution in [-0.4, -0.2) is 10.7 Å². The highest BCUT2D eigenvalue weighted by atomic mass is 35.5. The van der Waals surface area contributed by atoms with Crippen molar-refractivity contribution in [2.45, 2.75) is 50.7 Å². The minimum atomic E-state index is 0.514. The maximum atomic E-state index is 6.17. The van der Waals surface area contributed by atoms with Gasteiger partial charge in [0.2, 0.25) is 0 Å². The topological polar surface area (TPSA) is 12.9 Å². The van der Waals surface area contributed by atoms with Gasteiger partial charge in [-0.2, -0.15) is 11.8 Å². The predicted molar refractivity (Wildman–Crippen MR) is 159 cm³/mol. The van der Waals surface area contributed by atoms with Crippen molar-refractivity contribution in [2.24, 2.45) is 5.92 Å². The lowest BCUT2D eigenvalue weighted by Gasteiger charge is -2.19. The summed E-state index contributed by atoms with van der Waals surface area (Å²) in [6.07, 6.45) is 9.39. The molecule has 184 valence electrons. The van der Waals surface area contributed by atoms with Gasteiger partial charge in [-0.15, -0.1) is 0 Å². The van der Waals surface area contributed by atoms with Crippen LogP contribution >= 0.6 is 23.4 Å². The van der Waals surface area contributed by atoms with E-state index in [0.29, 0.717) is 11.2 Å². The fourth-order valence-corrected chi connectivity index (χ4v) is 6.37. The molecular formula is C33H34ClNS. The number of benzene rings is 3. The Kier molecular flexibility index (Phi) is 8.14. The van der Waals surface area contributed by atoms with E-state index in [0.717, 1.165) is 34.0 Å². The lowest BCUT2D eigenvalue weighted by atomic mass is 9.93. The second-order valence-corrected chi connectivity index (χ2v) is 11.9. The van der Waals surface area contributed by atoms with Crippen LogP contribution in [-0.2, 0) is 6.42 Å². The number of rotatable bonds is 10. The number of thioether (sulfide) groups is 1. The van der Waals surface area contributed by atoms with Gasteiger partial charge in [0.1, 0.15) is 0 Å². The summed E-state index contributed by atoms with van der Waals surface area (Å²) in [5.74, 6) is 2.77. The SMILES string of the molecule is CC(C)c1ccccc1CCC(SCC1CC1)c1cccc(C=Cc2ccc3ccc(Cl)cc3n2)c1. The van der Waals surface area contributed by atoms with E-state index >= 15 is 0 Å². The molecule has 0 saturated heterocycles. The van der Waals surface area contributed by atoms with Crippen molar-refractivity contribution in [1.82, 2.24) is 4.98 Å². The predicted octanol–water partition coefficient (Wildman–Crippen LogP) is 10.00. The van der Waals surface area contributed by atoms with Gasteiger partial charge >= 0.3 is 0 Å². The van der Waals surface area contributed by atoms with Crippen LogP contribution < -0.4 is 0 Å². The maximum Gasteiger partial charge on any atom is 0.0724 e. The maximum absolute atomic E-state index is 6.17. The first-order valence-electron chi connectivity index (χ1n) is 13.1. The third kappa shape index (κ3) is 6.60. The molecule has 3 heteroatoms. The summed E-state index contributed by atoms with van der Waals surface area (Å²) in [7, 11) is 0. The van der Waals surface area contributed by atoms with Gasteiger partial charge in [-0.3, -0.25) is 0 Å². The zero-order chi connectivity index (χ0) is 24.9. The largest absolute Gasteiger partial charge is 0.248 e. The number of hydrogen-bond acceptors (Lipinski definition) is 2. The van der Waals surface area contributed by atoms with Gasteiger partial charge in [-0.1, -0.05) is 92.2 Å². The molecule has 1 aliphatic rings. The number of hydrogen-bond donors (Lipinski definition) is 0. The highest BCUT2D eigenvalue weighted by Crippen LogP contribution is 2.41. The Morgan fingerprint density at radius 2 is 1.78 bits per heavy atom. The molecule has 0 bridgehead atoms. The Labute approximate surface area is 225 Å². The minimum absolute atomic E-state index is 0.514. The smallest absolute Gasteiger partial charge is 0.0724 e. The first kappa shape index (κ1) is 25.1. The molecule has 1 saturated carbocycles. The van der Waals surface area contributed by atoms with Crippen molar-refractivity contribution in [3.05, 3.63) is 112 Å². The van der Waals surface area contributed by atoms with Crippen LogP contribution in [0.2, 0.25) is 5.02 Å². The van der Waals surface area contributed by atoms with Crippen LogP contribution in [0.4, 0.5) is 0 Å². The van der Waals surface area contributed by atoms with Crippen LogP contribution in [0.1, 0.15) is 72.2 Å². The van der Waals surface area contributed by atoms with Crippen LogP contribution in [0.25, 0.3) is 23.1 Å². The second kappa shape index (κ2) is 11.7. The third-order valence-corrected chi connectivity index (χ3v) is 8.80. The molecule has 1 aromatic heterocycles. The Morgan fingerprint density at radius 1 is 0.944 bits per heavy atom. The minimum Gasteiger partial charge on any atom is -0.248 e. The van der Waals surface area contributed by atoms with E-state index in [4.69, 9.17) is 16.6 Å². The molecule has 3 aromatic carbocycles. The molecular weight excluding hydrogens is 478 g/mol. The number of aromatic nitrogens is 1. The average Bonchev–Trinajstić information content (AvgIpc) is 3.72. The normalized spacial score (nSPS) is 14.7. The molecule has 0 spiro atoms. The quantitative estimate of drug-likeness (QED) is 0.210. The molecule has 0 N–H and O–H groups in total. The van der Waals surface area contributed by atoms with Gasteiger partial charge in [-0.05, 0) is 89.8 Å². The molecule has 1 heterocycles. The monoisotopic (exact) mass is 511 g/mol. The van der Waals surface area contributed by atoms with E-state index in [9.17, 15) is 0 Å². The highest BCUT2D eigenvalue weighted by molar-refractivity contribution is 7.99. The van der Waals surface area contributed by atoms with Gasteiger partial charge in [0.15, 0.2) is 0 Å². The summed E-state index contributed by atoms with van der Waals surface area (Å²) in [4.78, 5) is 4.77. The van der Waals surface area contributed by atoms with E-state index in [1.807, 2.05) is 18.2 Å². The summed E-state index contributed by atoms with van der Waals surface area (Å²) in [5.41, 5.74) is 7.52. The van der Waals surface area contributed by atoms with Crippen LogP contribution in [0.3, 0.4) is 0 Å². The van der Waals surface area contributed by atoms with Crippen LogP contribution in [0.5, 0.6) is 0 Å². The standard InChI is InChI=1S/C33H34ClNS/c1-23(2)31-9-4-3-7-26(31)15-19-33(36-22-25-10-11-25)28-8-5-6-24(20-28)12-17-30-18-14-27-13-16-29(34)21-32(27)35-30/h3-9,12-14,16-18,20-21,23,25,33H,10-11,15,19,22H2,1-2H3. The molecule has 1 aliphatic carbocycles. The van der Waals surface area contributed by atoms with Crippen molar-refractivity contribution >= 4 is 46.4 Å². The van der Waals surface area contributed by atoms with Crippen molar-refractivity contribution in [2.75, 3.05) is 5.75 Å². The van der Waals surface area contributed by atoms with E-state index in [1.165, 1.54) is 47.3 Å². The Bertz CT molecular complexity index is 1350. The van der Waals surface area contributed by atoms with Crippen molar-refractivity contribution in [3.63, 3.8) is 0 Å². The zero-order valence-electron chi connectivity index (χ0n) is 21.2. The molecule has 1 unspecified atom stereocenters. The number of pyridine rings is 1. The number of nitrogens with zero attached hydrogens (tertiary/aromatic N) is 1. The van der Waals surface area contributed by atoms with E-state index in [1.54, 1.807) is 0 Å². The number of aryl methyl sites for hydroxylation is 1. The molecule has 5 rings (SSSR count). The van der Waals surface area contributed by atoms with Gasteiger partial charge in [0.05, 0.1) is 11.2 Å². The van der Waals surface area contributed by atoms with E-state index in [-0.39, 0.29) is 0 Å².